The van der Waals surface area contributed by atoms with E-state index in [0.29, 0.717) is 0 Å². The van der Waals surface area contributed by atoms with Crippen molar-refractivity contribution in [3.05, 3.63) is 41.7 Å². The number of carboxylic acids is 1. The average molecular weight is 261 g/mol. The molecule has 0 aliphatic rings. The van der Waals surface area contributed by atoms with Crippen LogP contribution in [0, 0.1) is 0 Å². The molecule has 1 aromatic carbocycles. The minimum Gasteiger partial charge on any atom is -0.506 e. The number of benzene rings is 1. The summed E-state index contributed by atoms with van der Waals surface area (Å²) in [7, 11) is 1.67. The largest absolute Gasteiger partial charge is 0.506 e. The quantitative estimate of drug-likeness (QED) is 0.717. The van der Waals surface area contributed by atoms with Crippen LogP contribution in [0.1, 0.15) is 20.8 Å². The number of anilines is 1. The average Bonchev–Trinajstić information content (AvgIpc) is 2.78. The summed E-state index contributed by atoms with van der Waals surface area (Å²) in [6.07, 6.45) is 1.60. The number of aromatic nitrogens is 2. The first-order valence-corrected chi connectivity index (χ1v) is 5.34. The second kappa shape index (κ2) is 4.81. The second-order valence-electron chi connectivity index (χ2n) is 3.87. The SMILES string of the molecule is Cn1ccc(C(=O)Nc2cc(C(=O)O)ccc2O)n1. The smallest absolute Gasteiger partial charge is 0.335 e. The summed E-state index contributed by atoms with van der Waals surface area (Å²) in [5.41, 5.74) is 0.160. The molecule has 0 aliphatic heterocycles. The van der Waals surface area contributed by atoms with Gasteiger partial charge in [0.25, 0.3) is 5.91 Å². The van der Waals surface area contributed by atoms with E-state index in [1.807, 2.05) is 0 Å². The molecule has 0 unspecified atom stereocenters. The lowest BCUT2D eigenvalue weighted by molar-refractivity contribution is 0.0696. The molecule has 7 heteroatoms. The van der Waals surface area contributed by atoms with Crippen molar-refractivity contribution in [2.24, 2.45) is 7.05 Å². The first-order chi connectivity index (χ1) is 8.97. The van der Waals surface area contributed by atoms with Crippen LogP contribution in [-0.4, -0.2) is 31.9 Å². The molecule has 19 heavy (non-hydrogen) atoms. The van der Waals surface area contributed by atoms with E-state index in [-0.39, 0.29) is 22.7 Å². The number of aromatic carboxylic acids is 1. The van der Waals surface area contributed by atoms with E-state index < -0.39 is 11.9 Å². The van der Waals surface area contributed by atoms with Crippen molar-refractivity contribution >= 4 is 17.6 Å². The van der Waals surface area contributed by atoms with Crippen LogP contribution in [0.3, 0.4) is 0 Å². The highest BCUT2D eigenvalue weighted by atomic mass is 16.4. The zero-order valence-electron chi connectivity index (χ0n) is 9.99. The van der Waals surface area contributed by atoms with Crippen LogP contribution >= 0.6 is 0 Å². The summed E-state index contributed by atoms with van der Waals surface area (Å²) < 4.78 is 1.46. The van der Waals surface area contributed by atoms with Gasteiger partial charge in [-0.3, -0.25) is 9.48 Å². The standard InChI is InChI=1S/C12H11N3O4/c1-15-5-4-8(14-15)11(17)13-9-6-7(12(18)19)2-3-10(9)16/h2-6,16H,1H3,(H,13,17)(H,18,19). The predicted molar refractivity (Wildman–Crippen MR) is 66.2 cm³/mol. The molecule has 2 rings (SSSR count). The van der Waals surface area contributed by atoms with Gasteiger partial charge in [0.1, 0.15) is 5.75 Å². The second-order valence-corrected chi connectivity index (χ2v) is 3.87. The summed E-state index contributed by atoms with van der Waals surface area (Å²) >= 11 is 0. The lowest BCUT2D eigenvalue weighted by Crippen LogP contribution is -2.13. The third kappa shape index (κ3) is 2.71. The Balaban J connectivity index is 2.25. The Morgan fingerprint density at radius 2 is 2.05 bits per heavy atom. The van der Waals surface area contributed by atoms with Gasteiger partial charge in [-0.1, -0.05) is 0 Å². The van der Waals surface area contributed by atoms with E-state index in [1.54, 1.807) is 13.2 Å². The van der Waals surface area contributed by atoms with Crippen LogP contribution in [-0.2, 0) is 7.05 Å². The van der Waals surface area contributed by atoms with Crippen LogP contribution in [0.5, 0.6) is 5.75 Å². The lowest BCUT2D eigenvalue weighted by Gasteiger charge is -2.06. The minimum atomic E-state index is -1.15. The summed E-state index contributed by atoms with van der Waals surface area (Å²) in [5.74, 6) is -1.89. The molecule has 3 N–H and O–H groups in total. The maximum Gasteiger partial charge on any atom is 0.335 e. The van der Waals surface area contributed by atoms with E-state index in [2.05, 4.69) is 10.4 Å². The molecule has 0 saturated heterocycles. The molecule has 0 bridgehead atoms. The van der Waals surface area contributed by atoms with E-state index in [1.165, 1.54) is 28.9 Å². The number of nitrogens with zero attached hydrogens (tertiary/aromatic N) is 2. The molecule has 98 valence electrons. The molecular weight excluding hydrogens is 250 g/mol. The van der Waals surface area contributed by atoms with E-state index in [9.17, 15) is 14.7 Å². The number of phenols is 1. The van der Waals surface area contributed by atoms with Gasteiger partial charge in [-0.05, 0) is 24.3 Å². The number of hydrogen-bond acceptors (Lipinski definition) is 4. The molecule has 0 fully saturated rings. The van der Waals surface area contributed by atoms with Crippen LogP contribution in [0.15, 0.2) is 30.5 Å². The summed E-state index contributed by atoms with van der Waals surface area (Å²) in [6, 6.07) is 5.14. The Morgan fingerprint density at radius 3 is 2.63 bits per heavy atom. The van der Waals surface area contributed by atoms with Crippen molar-refractivity contribution in [2.75, 3.05) is 5.32 Å². The van der Waals surface area contributed by atoms with Crippen LogP contribution in [0.4, 0.5) is 5.69 Å². The van der Waals surface area contributed by atoms with E-state index in [4.69, 9.17) is 5.11 Å². The van der Waals surface area contributed by atoms with E-state index in [0.717, 1.165) is 0 Å². The predicted octanol–water partition coefficient (Wildman–Crippen LogP) is 1.08. The van der Waals surface area contributed by atoms with Gasteiger partial charge in [-0.2, -0.15) is 5.10 Å². The van der Waals surface area contributed by atoms with Gasteiger partial charge in [0.2, 0.25) is 0 Å². The van der Waals surface area contributed by atoms with E-state index >= 15 is 0 Å². The Labute approximate surface area is 108 Å². The van der Waals surface area contributed by atoms with Crippen LogP contribution in [0.25, 0.3) is 0 Å². The summed E-state index contributed by atoms with van der Waals surface area (Å²) in [5, 5.41) is 24.7. The van der Waals surface area contributed by atoms with Crippen molar-refractivity contribution in [3.63, 3.8) is 0 Å². The van der Waals surface area contributed by atoms with Crippen molar-refractivity contribution in [1.82, 2.24) is 9.78 Å². The number of carboxylic acid groups (broad SMARTS) is 1. The third-order valence-corrected chi connectivity index (χ3v) is 2.44. The molecule has 1 amide bonds. The highest BCUT2D eigenvalue weighted by molar-refractivity contribution is 6.04. The molecule has 0 aliphatic carbocycles. The molecule has 0 atom stereocenters. The number of hydrogen-bond donors (Lipinski definition) is 3. The van der Waals surface area contributed by atoms with Gasteiger partial charge >= 0.3 is 5.97 Å². The molecule has 2 aromatic rings. The van der Waals surface area contributed by atoms with Gasteiger partial charge in [-0.15, -0.1) is 0 Å². The highest BCUT2D eigenvalue weighted by Crippen LogP contribution is 2.24. The third-order valence-electron chi connectivity index (χ3n) is 2.44. The molecule has 0 saturated carbocycles. The maximum absolute atomic E-state index is 11.8. The Morgan fingerprint density at radius 1 is 1.32 bits per heavy atom. The first-order valence-electron chi connectivity index (χ1n) is 5.34. The van der Waals surface area contributed by atoms with Crippen molar-refractivity contribution in [1.29, 1.82) is 0 Å². The summed E-state index contributed by atoms with van der Waals surface area (Å²) in [6.45, 7) is 0. The van der Waals surface area contributed by atoms with Gasteiger partial charge in [0.15, 0.2) is 5.69 Å². The molecular formula is C12H11N3O4. The number of amides is 1. The maximum atomic E-state index is 11.8. The Kier molecular flexibility index (Phi) is 3.19. The fraction of sp³-hybridized carbons (Fsp3) is 0.0833. The van der Waals surface area contributed by atoms with Crippen LogP contribution < -0.4 is 5.32 Å². The topological polar surface area (TPSA) is 104 Å². The molecule has 1 heterocycles. The summed E-state index contributed by atoms with van der Waals surface area (Å²) in [4.78, 5) is 22.6. The van der Waals surface area contributed by atoms with Crippen molar-refractivity contribution in [2.45, 2.75) is 0 Å². The molecule has 7 nitrogen and oxygen atoms in total. The zero-order chi connectivity index (χ0) is 14.0. The lowest BCUT2D eigenvalue weighted by atomic mass is 10.2. The fourth-order valence-electron chi connectivity index (χ4n) is 1.49. The number of aromatic hydroxyl groups is 1. The van der Waals surface area contributed by atoms with Gasteiger partial charge in [0.05, 0.1) is 11.3 Å². The van der Waals surface area contributed by atoms with Crippen molar-refractivity contribution < 1.29 is 19.8 Å². The number of carbonyl (C=O) groups excluding carboxylic acids is 1. The molecule has 0 radical (unpaired) electrons. The monoisotopic (exact) mass is 261 g/mol. The highest BCUT2D eigenvalue weighted by Gasteiger charge is 2.13. The Bertz CT molecular complexity index is 648. The first kappa shape index (κ1) is 12.6. The molecule has 0 spiro atoms. The van der Waals surface area contributed by atoms with Gasteiger partial charge in [0, 0.05) is 13.2 Å². The number of carbonyl (C=O) groups is 2. The zero-order valence-corrected chi connectivity index (χ0v) is 9.99. The number of aryl methyl sites for hydroxylation is 1. The number of rotatable bonds is 3. The van der Waals surface area contributed by atoms with Gasteiger partial charge in [-0.25, -0.2) is 4.79 Å². The number of nitrogens with one attached hydrogen (secondary N) is 1. The van der Waals surface area contributed by atoms with Gasteiger partial charge < -0.3 is 15.5 Å². The minimum absolute atomic E-state index is 0.0237. The fourth-order valence-corrected chi connectivity index (χ4v) is 1.49. The number of phenolic OH excluding ortho intramolecular Hbond substituents is 1. The van der Waals surface area contributed by atoms with Crippen molar-refractivity contribution in [3.8, 4) is 5.75 Å². The normalized spacial score (nSPS) is 10.2. The van der Waals surface area contributed by atoms with Crippen LogP contribution in [0.2, 0.25) is 0 Å². The molecule has 1 aromatic heterocycles. The Hall–Kier alpha value is -2.83.